The average molecular weight is 514 g/mol. The molecule has 2 aliphatic heterocycles. The zero-order valence-electron chi connectivity index (χ0n) is 17.9. The number of benzene rings is 2. The van der Waals surface area contributed by atoms with Crippen LogP contribution in [0.5, 0.6) is 0 Å². The Kier molecular flexibility index (Phi) is 6.54. The molecule has 1 unspecified atom stereocenters. The van der Waals surface area contributed by atoms with Crippen LogP contribution in [0, 0.1) is 0 Å². The minimum absolute atomic E-state index is 0.145. The predicted octanol–water partition coefficient (Wildman–Crippen LogP) is 2.81. The Labute approximate surface area is 206 Å². The number of hydrogen-bond acceptors (Lipinski definition) is 7. The molecule has 34 heavy (non-hydrogen) atoms. The highest BCUT2D eigenvalue weighted by Crippen LogP contribution is 2.37. The van der Waals surface area contributed by atoms with Crippen LogP contribution in [-0.2, 0) is 24.4 Å². The monoisotopic (exact) mass is 513 g/mol. The lowest BCUT2D eigenvalue weighted by Gasteiger charge is -2.21. The van der Waals surface area contributed by atoms with E-state index in [-0.39, 0.29) is 21.3 Å². The van der Waals surface area contributed by atoms with Crippen LogP contribution in [0.3, 0.4) is 0 Å². The van der Waals surface area contributed by atoms with Crippen molar-refractivity contribution in [3.05, 3.63) is 76.7 Å². The Balaban J connectivity index is 1.56. The van der Waals surface area contributed by atoms with Crippen LogP contribution >= 0.6 is 24.0 Å². The largest absolute Gasteiger partial charge is 0.280 e. The molecule has 3 amide bonds. The number of primary sulfonamides is 1. The van der Waals surface area contributed by atoms with E-state index in [1.165, 1.54) is 29.2 Å². The first-order valence-corrected chi connectivity index (χ1v) is 12.8. The molecule has 0 aliphatic carbocycles. The fraction of sp³-hybridized carbons (Fsp3) is 0.130. The van der Waals surface area contributed by atoms with Crippen molar-refractivity contribution in [2.24, 2.45) is 5.14 Å². The number of thioether (sulfide) groups is 1. The lowest BCUT2D eigenvalue weighted by molar-refractivity contribution is -0.130. The molecule has 0 bridgehead atoms. The van der Waals surface area contributed by atoms with Gasteiger partial charge in [0.25, 0.3) is 11.8 Å². The molecule has 2 fully saturated rings. The van der Waals surface area contributed by atoms with E-state index >= 15 is 0 Å². The average Bonchev–Trinajstić information content (AvgIpc) is 3.21. The minimum atomic E-state index is -3.92. The summed E-state index contributed by atoms with van der Waals surface area (Å²) in [7, 11) is -3.92. The van der Waals surface area contributed by atoms with Gasteiger partial charge in [0.2, 0.25) is 15.9 Å². The van der Waals surface area contributed by atoms with Gasteiger partial charge >= 0.3 is 0 Å². The number of sulfonamides is 1. The Morgan fingerprint density at radius 1 is 1.09 bits per heavy atom. The van der Waals surface area contributed by atoms with Gasteiger partial charge in [0, 0.05) is 0 Å². The summed E-state index contributed by atoms with van der Waals surface area (Å²) in [5, 5.41) is 5.10. The Bertz CT molecular complexity index is 1370. The van der Waals surface area contributed by atoms with Gasteiger partial charge in [0.1, 0.15) is 10.4 Å². The van der Waals surface area contributed by atoms with Crippen LogP contribution in [0.4, 0.5) is 5.69 Å². The zero-order chi connectivity index (χ0) is 24.6. The third-order valence-electron chi connectivity index (χ3n) is 5.23. The highest BCUT2D eigenvalue weighted by atomic mass is 32.2. The van der Waals surface area contributed by atoms with Crippen LogP contribution in [-0.4, -0.2) is 41.4 Å². The SMILES string of the molecule is CC(/C=C1\SC(=S)N(C2CC(=O)N(c3ccc(S(N)(=O)=O)cc3)C2=O)C1=O)=C\c1ccccc1. The van der Waals surface area contributed by atoms with Crippen molar-refractivity contribution < 1.29 is 22.8 Å². The molecular formula is C23H19N3O5S3. The first kappa shape index (κ1) is 24.0. The highest BCUT2D eigenvalue weighted by molar-refractivity contribution is 8.26. The Morgan fingerprint density at radius 3 is 2.35 bits per heavy atom. The standard InChI is InChI=1S/C23H19N3O5S3/c1-14(11-15-5-3-2-4-6-15)12-19-22(29)26(23(32)33-19)18-13-20(27)25(21(18)28)16-7-9-17(10-8-16)34(24,30)31/h2-12,18H,13H2,1H3,(H2,24,30,31)/b14-11+,19-12-. The van der Waals surface area contributed by atoms with Crippen molar-refractivity contribution in [3.8, 4) is 0 Å². The maximum atomic E-state index is 13.1. The van der Waals surface area contributed by atoms with E-state index in [2.05, 4.69) is 0 Å². The maximum absolute atomic E-state index is 13.1. The number of anilines is 1. The number of rotatable bonds is 5. The van der Waals surface area contributed by atoms with E-state index in [1.54, 1.807) is 6.08 Å². The fourth-order valence-corrected chi connectivity index (χ4v) is 5.60. The number of nitrogens with zero attached hydrogens (tertiary/aromatic N) is 2. The van der Waals surface area contributed by atoms with E-state index < -0.39 is 33.8 Å². The molecule has 0 aromatic heterocycles. The topological polar surface area (TPSA) is 118 Å². The molecule has 1 atom stereocenters. The van der Waals surface area contributed by atoms with Gasteiger partial charge in [-0.1, -0.05) is 60.4 Å². The molecule has 2 aromatic carbocycles. The lowest BCUT2D eigenvalue weighted by atomic mass is 10.1. The van der Waals surface area contributed by atoms with Crippen molar-refractivity contribution in [3.63, 3.8) is 0 Å². The summed E-state index contributed by atoms with van der Waals surface area (Å²) in [5.74, 6) is -1.56. The van der Waals surface area contributed by atoms with E-state index in [9.17, 15) is 22.8 Å². The highest BCUT2D eigenvalue weighted by Gasteiger charge is 2.48. The first-order valence-electron chi connectivity index (χ1n) is 10.1. The number of carbonyl (C=O) groups is 3. The molecule has 11 heteroatoms. The Morgan fingerprint density at radius 2 is 1.74 bits per heavy atom. The van der Waals surface area contributed by atoms with Gasteiger partial charge in [-0.25, -0.2) is 18.5 Å². The molecule has 0 saturated carbocycles. The van der Waals surface area contributed by atoms with Gasteiger partial charge in [-0.2, -0.15) is 0 Å². The first-order chi connectivity index (χ1) is 16.1. The van der Waals surface area contributed by atoms with Gasteiger partial charge in [-0.15, -0.1) is 0 Å². The van der Waals surface area contributed by atoms with Crippen molar-refractivity contribution >= 4 is 67.8 Å². The molecule has 174 valence electrons. The molecule has 2 heterocycles. The molecule has 2 saturated heterocycles. The molecule has 2 N–H and O–H groups in total. The van der Waals surface area contributed by atoms with Crippen LogP contribution in [0.2, 0.25) is 0 Å². The summed E-state index contributed by atoms with van der Waals surface area (Å²) in [6.45, 7) is 1.86. The fourth-order valence-electron chi connectivity index (χ4n) is 3.68. The molecule has 2 aromatic rings. The van der Waals surface area contributed by atoms with Crippen molar-refractivity contribution in [1.29, 1.82) is 0 Å². The second-order valence-corrected chi connectivity index (χ2v) is 10.9. The summed E-state index contributed by atoms with van der Waals surface area (Å²) in [5.41, 5.74) is 2.00. The second-order valence-electron chi connectivity index (χ2n) is 7.68. The van der Waals surface area contributed by atoms with E-state index in [4.69, 9.17) is 17.4 Å². The normalized spacial score (nSPS) is 20.7. The number of hydrogen-bond donors (Lipinski definition) is 1. The smallest absolute Gasteiger partial charge is 0.266 e. The van der Waals surface area contributed by atoms with Crippen molar-refractivity contribution in [2.45, 2.75) is 24.3 Å². The van der Waals surface area contributed by atoms with Gasteiger partial charge in [0.15, 0.2) is 0 Å². The van der Waals surface area contributed by atoms with Crippen molar-refractivity contribution in [1.82, 2.24) is 4.90 Å². The van der Waals surface area contributed by atoms with E-state index in [0.29, 0.717) is 4.91 Å². The van der Waals surface area contributed by atoms with Crippen LogP contribution in [0.1, 0.15) is 18.9 Å². The third kappa shape index (κ3) is 4.73. The van der Waals surface area contributed by atoms with Gasteiger partial charge in [-0.3, -0.25) is 19.3 Å². The van der Waals surface area contributed by atoms with Gasteiger partial charge < -0.3 is 0 Å². The summed E-state index contributed by atoms with van der Waals surface area (Å²) >= 11 is 6.44. The third-order valence-corrected chi connectivity index (χ3v) is 7.49. The minimum Gasteiger partial charge on any atom is -0.280 e. The lowest BCUT2D eigenvalue weighted by Crippen LogP contribution is -2.44. The zero-order valence-corrected chi connectivity index (χ0v) is 20.3. The van der Waals surface area contributed by atoms with Crippen LogP contribution < -0.4 is 10.0 Å². The molecule has 8 nitrogen and oxygen atoms in total. The number of imide groups is 1. The second kappa shape index (κ2) is 9.26. The summed E-state index contributed by atoms with van der Waals surface area (Å²) in [6.07, 6.45) is 3.40. The number of amides is 3. The van der Waals surface area contributed by atoms with E-state index in [0.717, 1.165) is 27.8 Å². The maximum Gasteiger partial charge on any atom is 0.266 e. The number of thiocarbonyl (C=S) groups is 1. The quantitative estimate of drug-likeness (QED) is 0.371. The van der Waals surface area contributed by atoms with Crippen LogP contribution in [0.15, 0.2) is 76.0 Å². The van der Waals surface area contributed by atoms with Crippen molar-refractivity contribution in [2.75, 3.05) is 4.90 Å². The molecular weight excluding hydrogens is 494 g/mol. The summed E-state index contributed by atoms with van der Waals surface area (Å²) < 4.78 is 23.1. The molecule has 4 rings (SSSR count). The Hall–Kier alpha value is -3.12. The predicted molar refractivity (Wildman–Crippen MR) is 134 cm³/mol. The number of carbonyl (C=O) groups excluding carboxylic acids is 3. The number of allylic oxidation sites excluding steroid dienone is 2. The molecule has 0 spiro atoms. The number of nitrogens with two attached hydrogens (primary N) is 1. The summed E-state index contributed by atoms with van der Waals surface area (Å²) in [4.78, 5) is 41.2. The molecule has 0 radical (unpaired) electrons. The molecule has 2 aliphatic rings. The van der Waals surface area contributed by atoms with Crippen LogP contribution in [0.25, 0.3) is 6.08 Å². The van der Waals surface area contributed by atoms with Gasteiger partial charge in [-0.05, 0) is 48.4 Å². The van der Waals surface area contributed by atoms with E-state index in [1.807, 2.05) is 43.3 Å². The van der Waals surface area contributed by atoms with Gasteiger partial charge in [0.05, 0.1) is 21.9 Å². The summed E-state index contributed by atoms with van der Waals surface area (Å²) in [6, 6.07) is 13.6.